The third kappa shape index (κ3) is 7.36. The second-order valence-corrected chi connectivity index (χ2v) is 11.5. The number of rotatable bonds is 9. The summed E-state index contributed by atoms with van der Waals surface area (Å²) < 4.78 is 27.2. The molecule has 1 N–H and O–H groups in total. The molecule has 2 saturated heterocycles. The van der Waals surface area contributed by atoms with E-state index in [0.29, 0.717) is 43.2 Å². The van der Waals surface area contributed by atoms with Crippen LogP contribution in [-0.4, -0.2) is 80.8 Å². The van der Waals surface area contributed by atoms with Crippen LogP contribution in [0, 0.1) is 0 Å². The molecule has 1 amide bonds. The maximum atomic E-state index is 12.8. The van der Waals surface area contributed by atoms with Crippen LogP contribution in [0.5, 0.6) is 0 Å². The van der Waals surface area contributed by atoms with E-state index in [4.69, 9.17) is 0 Å². The smallest absolute Gasteiger partial charge is 0.251 e. The molecule has 2 aromatic rings. The molecule has 8 heteroatoms. The first-order chi connectivity index (χ1) is 17.0. The molecule has 4 rings (SSSR count). The van der Waals surface area contributed by atoms with Crippen LogP contribution < -0.4 is 5.32 Å². The predicted molar refractivity (Wildman–Crippen MR) is 139 cm³/mol. The SMILES string of the molecule is O=C(NCCCN1CCCCCC1)c1ccc(CN2CCN(S(=O)(=O)c3ccccc3)CC2)cc1. The van der Waals surface area contributed by atoms with Crippen LogP contribution in [0.4, 0.5) is 0 Å². The minimum absolute atomic E-state index is 0.0212. The van der Waals surface area contributed by atoms with Crippen molar-refractivity contribution in [3.63, 3.8) is 0 Å². The molecule has 0 bridgehead atoms. The maximum Gasteiger partial charge on any atom is 0.251 e. The normalized spacial score (nSPS) is 18.7. The highest BCUT2D eigenvalue weighted by Gasteiger charge is 2.28. The summed E-state index contributed by atoms with van der Waals surface area (Å²) >= 11 is 0. The maximum absolute atomic E-state index is 12.8. The number of hydrogen-bond donors (Lipinski definition) is 1. The Bertz CT molecular complexity index is 1030. The summed E-state index contributed by atoms with van der Waals surface area (Å²) in [5.41, 5.74) is 1.81. The van der Waals surface area contributed by atoms with Gasteiger partial charge in [-0.05, 0) is 68.7 Å². The molecule has 0 saturated carbocycles. The van der Waals surface area contributed by atoms with Crippen LogP contribution in [0.1, 0.15) is 48.0 Å². The van der Waals surface area contributed by atoms with Crippen molar-refractivity contribution in [3.05, 3.63) is 65.7 Å². The van der Waals surface area contributed by atoms with Gasteiger partial charge in [0.2, 0.25) is 10.0 Å². The number of sulfonamides is 1. The van der Waals surface area contributed by atoms with Gasteiger partial charge in [0.05, 0.1) is 4.90 Å². The number of carbonyl (C=O) groups excluding carboxylic acids is 1. The monoisotopic (exact) mass is 498 g/mol. The van der Waals surface area contributed by atoms with E-state index in [1.807, 2.05) is 30.3 Å². The molecular weight excluding hydrogens is 460 g/mol. The second kappa shape index (κ2) is 12.6. The molecule has 0 aromatic heterocycles. The molecule has 0 radical (unpaired) electrons. The number of likely N-dealkylation sites (tertiary alicyclic amines) is 1. The third-order valence-electron chi connectivity index (χ3n) is 6.97. The van der Waals surface area contributed by atoms with E-state index >= 15 is 0 Å². The summed E-state index contributed by atoms with van der Waals surface area (Å²) in [6, 6.07) is 16.4. The quantitative estimate of drug-likeness (QED) is 0.538. The first kappa shape index (κ1) is 25.8. The molecule has 0 aliphatic carbocycles. The second-order valence-electron chi connectivity index (χ2n) is 9.56. The summed E-state index contributed by atoms with van der Waals surface area (Å²) in [4.78, 5) is 17.6. The first-order valence-electron chi connectivity index (χ1n) is 12.9. The molecule has 2 aromatic carbocycles. The van der Waals surface area contributed by atoms with Crippen molar-refractivity contribution in [2.45, 2.75) is 43.5 Å². The Kier molecular flexibility index (Phi) is 9.31. The number of piperazine rings is 1. The number of benzene rings is 2. The minimum Gasteiger partial charge on any atom is -0.352 e. The van der Waals surface area contributed by atoms with E-state index in [1.165, 1.54) is 38.8 Å². The zero-order valence-corrected chi connectivity index (χ0v) is 21.4. The molecule has 0 atom stereocenters. The van der Waals surface area contributed by atoms with E-state index < -0.39 is 10.0 Å². The van der Waals surface area contributed by atoms with Gasteiger partial charge in [0, 0.05) is 44.8 Å². The molecular formula is C27H38N4O3S. The standard InChI is InChI=1S/C27H38N4O3S/c32-27(28-15-8-18-29-16-6-1-2-7-17-29)25-13-11-24(12-14-25)23-30-19-21-31(22-20-30)35(33,34)26-9-4-3-5-10-26/h3-5,9-14H,1-2,6-8,15-23H2,(H,28,32). The van der Waals surface area contributed by atoms with E-state index in [0.717, 1.165) is 25.1 Å². The minimum atomic E-state index is -3.43. The van der Waals surface area contributed by atoms with Crippen molar-refractivity contribution in [2.24, 2.45) is 0 Å². The molecule has 2 aliphatic heterocycles. The fourth-order valence-electron chi connectivity index (χ4n) is 4.86. The number of hydrogen-bond acceptors (Lipinski definition) is 5. The van der Waals surface area contributed by atoms with E-state index in [1.54, 1.807) is 28.6 Å². The fourth-order valence-corrected chi connectivity index (χ4v) is 6.30. The lowest BCUT2D eigenvalue weighted by atomic mass is 10.1. The molecule has 190 valence electrons. The molecule has 0 unspecified atom stereocenters. The molecule has 0 spiro atoms. The van der Waals surface area contributed by atoms with Crippen molar-refractivity contribution >= 4 is 15.9 Å². The Morgan fingerprint density at radius 3 is 2.09 bits per heavy atom. The lowest BCUT2D eigenvalue weighted by molar-refractivity contribution is 0.0951. The lowest BCUT2D eigenvalue weighted by Gasteiger charge is -2.34. The van der Waals surface area contributed by atoms with Gasteiger partial charge in [-0.2, -0.15) is 4.31 Å². The first-order valence-corrected chi connectivity index (χ1v) is 14.3. The van der Waals surface area contributed by atoms with Gasteiger partial charge < -0.3 is 10.2 Å². The van der Waals surface area contributed by atoms with Gasteiger partial charge in [-0.3, -0.25) is 9.69 Å². The summed E-state index contributed by atoms with van der Waals surface area (Å²) in [7, 11) is -3.43. The van der Waals surface area contributed by atoms with Gasteiger partial charge >= 0.3 is 0 Å². The summed E-state index contributed by atoms with van der Waals surface area (Å²) in [6.45, 7) is 7.21. The molecule has 7 nitrogen and oxygen atoms in total. The Hall–Kier alpha value is -2.26. The highest BCUT2D eigenvalue weighted by Crippen LogP contribution is 2.18. The van der Waals surface area contributed by atoms with Crippen LogP contribution in [0.3, 0.4) is 0 Å². The van der Waals surface area contributed by atoms with Crippen LogP contribution >= 0.6 is 0 Å². The van der Waals surface area contributed by atoms with Crippen molar-refractivity contribution < 1.29 is 13.2 Å². The molecule has 2 aliphatic rings. The number of carbonyl (C=O) groups is 1. The van der Waals surface area contributed by atoms with Gasteiger partial charge in [0.1, 0.15) is 0 Å². The van der Waals surface area contributed by atoms with Crippen LogP contribution in [0.25, 0.3) is 0 Å². The molecule has 2 fully saturated rings. The van der Waals surface area contributed by atoms with E-state index in [9.17, 15) is 13.2 Å². The Balaban J connectivity index is 1.18. The average molecular weight is 499 g/mol. The molecule has 2 heterocycles. The molecule has 35 heavy (non-hydrogen) atoms. The third-order valence-corrected chi connectivity index (χ3v) is 8.88. The summed E-state index contributed by atoms with van der Waals surface area (Å²) in [6.07, 6.45) is 6.25. The fraction of sp³-hybridized carbons (Fsp3) is 0.519. The van der Waals surface area contributed by atoms with E-state index in [2.05, 4.69) is 15.1 Å². The predicted octanol–water partition coefficient (Wildman–Crippen LogP) is 3.19. The summed E-state index contributed by atoms with van der Waals surface area (Å²) in [5.74, 6) is -0.0212. The average Bonchev–Trinajstić information content (AvgIpc) is 3.17. The van der Waals surface area contributed by atoms with Crippen molar-refractivity contribution in [1.29, 1.82) is 0 Å². The van der Waals surface area contributed by atoms with Crippen molar-refractivity contribution in [2.75, 3.05) is 52.4 Å². The Morgan fingerprint density at radius 2 is 1.43 bits per heavy atom. The highest BCUT2D eigenvalue weighted by atomic mass is 32.2. The Morgan fingerprint density at radius 1 is 0.771 bits per heavy atom. The van der Waals surface area contributed by atoms with Crippen molar-refractivity contribution in [1.82, 2.24) is 19.4 Å². The van der Waals surface area contributed by atoms with Gasteiger partial charge in [-0.15, -0.1) is 0 Å². The van der Waals surface area contributed by atoms with Crippen molar-refractivity contribution in [3.8, 4) is 0 Å². The summed E-state index contributed by atoms with van der Waals surface area (Å²) in [5, 5.41) is 3.05. The van der Waals surface area contributed by atoms with Gasteiger partial charge in [-0.1, -0.05) is 43.2 Å². The van der Waals surface area contributed by atoms with Crippen LogP contribution in [-0.2, 0) is 16.6 Å². The highest BCUT2D eigenvalue weighted by molar-refractivity contribution is 7.89. The van der Waals surface area contributed by atoms with E-state index in [-0.39, 0.29) is 5.91 Å². The zero-order chi connectivity index (χ0) is 24.5. The lowest BCUT2D eigenvalue weighted by Crippen LogP contribution is -2.48. The number of nitrogens with one attached hydrogen (secondary N) is 1. The van der Waals surface area contributed by atoms with Crippen LogP contribution in [0.15, 0.2) is 59.5 Å². The van der Waals surface area contributed by atoms with Gasteiger partial charge in [-0.25, -0.2) is 8.42 Å². The topological polar surface area (TPSA) is 73.0 Å². The zero-order valence-electron chi connectivity index (χ0n) is 20.6. The van der Waals surface area contributed by atoms with Gasteiger partial charge in [0.15, 0.2) is 0 Å². The number of nitrogens with zero attached hydrogens (tertiary/aromatic N) is 3. The Labute approximate surface area is 210 Å². The number of amides is 1. The van der Waals surface area contributed by atoms with Gasteiger partial charge in [0.25, 0.3) is 5.91 Å². The largest absolute Gasteiger partial charge is 0.352 e. The van der Waals surface area contributed by atoms with Crippen LogP contribution in [0.2, 0.25) is 0 Å².